The molecule has 2 aromatic heterocycles. The van der Waals surface area contributed by atoms with E-state index in [9.17, 15) is 33.6 Å². The van der Waals surface area contributed by atoms with Gasteiger partial charge in [-0.2, -0.15) is 4.37 Å². The SMILES string of the molecule is CCN(CC)CCNC(=O)c1c(C)[nH]c(/C=C2\C(=O)Nc3ccc(NC(=O)CCC(=O)OC(C)C(=O)OC(C)C(=O)O[C@H](COc4nsnc4N4CCOCC4)CN(C(C)=O)C(C)(C)C)cc32)c1C. The molecule has 2 aliphatic heterocycles. The Hall–Kier alpha value is -6.39. The van der Waals surface area contributed by atoms with Crippen LogP contribution in [0.25, 0.3) is 11.6 Å². The predicted molar refractivity (Wildman–Crippen MR) is 258 cm³/mol. The number of nitrogens with one attached hydrogen (secondary N) is 4. The molecule has 4 heterocycles. The fourth-order valence-corrected chi connectivity index (χ4v) is 8.22. The topological polar surface area (TPSA) is 253 Å². The summed E-state index contributed by atoms with van der Waals surface area (Å²) in [6, 6.07) is 4.88. The molecule has 0 bridgehead atoms. The quantitative estimate of drug-likeness (QED) is 0.0628. The number of aromatic amines is 1. The van der Waals surface area contributed by atoms with Gasteiger partial charge in [0.2, 0.25) is 17.6 Å². The van der Waals surface area contributed by atoms with Gasteiger partial charge in [0, 0.05) is 73.4 Å². The lowest BCUT2D eigenvalue weighted by atomic mass is 10.0. The second-order valence-electron chi connectivity index (χ2n) is 17.6. The molecule has 3 aromatic rings. The summed E-state index contributed by atoms with van der Waals surface area (Å²) in [7, 11) is 0. The maximum Gasteiger partial charge on any atom is 0.347 e. The van der Waals surface area contributed by atoms with Crippen molar-refractivity contribution in [3.63, 3.8) is 0 Å². The number of amides is 4. The van der Waals surface area contributed by atoms with E-state index in [2.05, 4.69) is 48.4 Å². The van der Waals surface area contributed by atoms with E-state index in [4.69, 9.17) is 23.7 Å². The zero-order valence-corrected chi connectivity index (χ0v) is 41.9. The van der Waals surface area contributed by atoms with E-state index in [1.807, 2.05) is 32.6 Å². The molecule has 1 aromatic carbocycles. The van der Waals surface area contributed by atoms with Crippen molar-refractivity contribution in [3.8, 4) is 5.88 Å². The Balaban J connectivity index is 1.12. The third kappa shape index (κ3) is 14.6. The molecule has 5 rings (SSSR count). The van der Waals surface area contributed by atoms with Crippen molar-refractivity contribution in [2.45, 2.75) is 106 Å². The van der Waals surface area contributed by atoms with E-state index in [1.54, 1.807) is 31.2 Å². The zero-order valence-electron chi connectivity index (χ0n) is 41.1. The second-order valence-corrected chi connectivity index (χ2v) is 18.2. The highest BCUT2D eigenvalue weighted by Crippen LogP contribution is 2.36. The molecule has 69 heavy (non-hydrogen) atoms. The number of rotatable bonds is 22. The van der Waals surface area contributed by atoms with E-state index < -0.39 is 54.1 Å². The molecule has 0 aliphatic carbocycles. The molecule has 22 heteroatoms. The summed E-state index contributed by atoms with van der Waals surface area (Å²) in [5.41, 5.74) is 3.54. The lowest BCUT2D eigenvalue weighted by molar-refractivity contribution is -0.180. The van der Waals surface area contributed by atoms with Crippen LogP contribution in [-0.2, 0) is 47.7 Å². The Labute approximate surface area is 406 Å². The standard InChI is InChI=1S/C47H65N9O12S/c1-11-54(12-2)18-17-48-43(61)40-27(3)37(49-28(40)4)24-35-34-23-32(13-14-36(34)51-42(35)60)50-38(58)15-16-39(59)66-29(5)45(62)67-30(6)46(63)68-33(25-56(31(7)57)47(8,9)10)26-65-44-41(52-69-53-44)55-19-21-64-22-20-55/h13-14,23-24,29-30,33,49H,11-12,15-22,25-26H2,1-10H3,(H,48,61)(H,50,58)(H,51,60)/b35-24-/t29?,30?,33-/m0/s1. The molecule has 2 aliphatic rings. The highest BCUT2D eigenvalue weighted by molar-refractivity contribution is 6.99. The van der Waals surface area contributed by atoms with Crippen LogP contribution < -0.4 is 25.6 Å². The number of aromatic nitrogens is 3. The smallest absolute Gasteiger partial charge is 0.347 e. The van der Waals surface area contributed by atoms with E-state index >= 15 is 0 Å². The molecule has 4 N–H and O–H groups in total. The number of morpholine rings is 1. The molecule has 21 nitrogen and oxygen atoms in total. The first-order valence-corrected chi connectivity index (χ1v) is 23.8. The first-order chi connectivity index (χ1) is 32.7. The third-order valence-corrected chi connectivity index (χ3v) is 12.0. The van der Waals surface area contributed by atoms with E-state index in [1.165, 1.54) is 25.7 Å². The Bertz CT molecular complexity index is 2380. The highest BCUT2D eigenvalue weighted by atomic mass is 32.1. The van der Waals surface area contributed by atoms with Gasteiger partial charge in [0.05, 0.1) is 49.0 Å². The Kier molecular flexibility index (Phi) is 18.8. The fourth-order valence-electron chi connectivity index (χ4n) is 7.70. The lowest BCUT2D eigenvalue weighted by Gasteiger charge is -2.37. The van der Waals surface area contributed by atoms with E-state index in [0.717, 1.165) is 31.4 Å². The molecule has 1 fully saturated rings. The fraction of sp³-hybridized carbons (Fsp3) is 0.553. The van der Waals surface area contributed by atoms with Crippen molar-refractivity contribution < 1.29 is 57.2 Å². The van der Waals surface area contributed by atoms with Gasteiger partial charge in [0.1, 0.15) is 6.61 Å². The first kappa shape index (κ1) is 53.6. The summed E-state index contributed by atoms with van der Waals surface area (Å²) in [6.07, 6.45) is -2.93. The third-order valence-electron chi connectivity index (χ3n) is 11.5. The van der Waals surface area contributed by atoms with Crippen LogP contribution in [0.4, 0.5) is 17.2 Å². The van der Waals surface area contributed by atoms with Crippen molar-refractivity contribution in [2.24, 2.45) is 0 Å². The number of ether oxygens (including phenoxy) is 5. The van der Waals surface area contributed by atoms with Crippen molar-refractivity contribution in [3.05, 3.63) is 46.3 Å². The molecule has 2 unspecified atom stereocenters. The molecule has 1 saturated heterocycles. The summed E-state index contributed by atoms with van der Waals surface area (Å²) in [5.74, 6) is -3.45. The summed E-state index contributed by atoms with van der Waals surface area (Å²) in [6.45, 7) is 22.2. The van der Waals surface area contributed by atoms with Gasteiger partial charge in [-0.25, -0.2) is 9.59 Å². The average Bonchev–Trinajstić information content (AvgIpc) is 3.98. The molecule has 4 amide bonds. The van der Waals surface area contributed by atoms with Crippen LogP contribution in [0.15, 0.2) is 18.2 Å². The molecule has 3 atom stereocenters. The number of hydrogen-bond donors (Lipinski definition) is 4. The van der Waals surface area contributed by atoms with Crippen LogP contribution >= 0.6 is 11.7 Å². The summed E-state index contributed by atoms with van der Waals surface area (Å²) in [4.78, 5) is 99.9. The number of carbonyl (C=O) groups excluding carboxylic acids is 7. The minimum atomic E-state index is -1.45. The highest BCUT2D eigenvalue weighted by Gasteiger charge is 2.33. The largest absolute Gasteiger partial charge is 0.470 e. The van der Waals surface area contributed by atoms with Crippen molar-refractivity contribution in [1.29, 1.82) is 0 Å². The van der Waals surface area contributed by atoms with Crippen LogP contribution in [0, 0.1) is 13.8 Å². The maximum absolute atomic E-state index is 13.3. The Morgan fingerprint density at radius 2 is 1.65 bits per heavy atom. The Morgan fingerprint density at radius 1 is 0.971 bits per heavy atom. The van der Waals surface area contributed by atoms with Gasteiger partial charge in [-0.05, 0) is 91.4 Å². The summed E-state index contributed by atoms with van der Waals surface area (Å²) < 4.78 is 36.3. The van der Waals surface area contributed by atoms with Gasteiger partial charge in [0.25, 0.3) is 17.7 Å². The number of carbonyl (C=O) groups is 7. The van der Waals surface area contributed by atoms with Gasteiger partial charge in [-0.15, -0.1) is 4.37 Å². The van der Waals surface area contributed by atoms with Crippen LogP contribution in [0.2, 0.25) is 0 Å². The summed E-state index contributed by atoms with van der Waals surface area (Å²) in [5, 5.41) is 8.54. The van der Waals surface area contributed by atoms with E-state index in [-0.39, 0.29) is 43.2 Å². The number of H-pyrrole nitrogens is 1. The number of fused-ring (bicyclic) bond motifs is 1. The van der Waals surface area contributed by atoms with Crippen molar-refractivity contribution in [2.75, 3.05) is 81.2 Å². The molecule has 376 valence electrons. The number of hydrogen-bond acceptors (Lipinski definition) is 17. The molecule has 0 spiro atoms. The number of likely N-dealkylation sites (N-methyl/N-ethyl adjacent to an activating group) is 1. The van der Waals surface area contributed by atoms with Crippen LogP contribution in [0.1, 0.15) is 101 Å². The maximum atomic E-state index is 13.3. The normalized spacial score (nSPS) is 15.4. The number of esters is 3. The minimum Gasteiger partial charge on any atom is -0.470 e. The van der Waals surface area contributed by atoms with Gasteiger partial charge in [-0.1, -0.05) is 13.8 Å². The van der Waals surface area contributed by atoms with E-state index in [0.29, 0.717) is 83.7 Å². The van der Waals surface area contributed by atoms with Gasteiger partial charge >= 0.3 is 17.9 Å². The zero-order chi connectivity index (χ0) is 50.6. The molecule has 0 radical (unpaired) electrons. The van der Waals surface area contributed by atoms with Crippen molar-refractivity contribution in [1.82, 2.24) is 28.8 Å². The minimum absolute atomic E-state index is 0.0482. The molecule has 0 saturated carbocycles. The monoisotopic (exact) mass is 979 g/mol. The van der Waals surface area contributed by atoms with Crippen LogP contribution in [0.5, 0.6) is 5.88 Å². The van der Waals surface area contributed by atoms with Gasteiger partial charge in [-0.3, -0.25) is 24.0 Å². The number of aryl methyl sites for hydroxylation is 1. The Morgan fingerprint density at radius 3 is 2.32 bits per heavy atom. The number of anilines is 3. The predicted octanol–water partition coefficient (Wildman–Crippen LogP) is 4.10. The van der Waals surface area contributed by atoms with Crippen LogP contribution in [0.3, 0.4) is 0 Å². The van der Waals surface area contributed by atoms with Crippen LogP contribution in [-0.4, -0.2) is 155 Å². The lowest BCUT2D eigenvalue weighted by Crippen LogP contribution is -2.50. The average molecular weight is 980 g/mol. The molecular formula is C47H65N9O12S. The number of nitrogens with zero attached hydrogens (tertiary/aromatic N) is 5. The van der Waals surface area contributed by atoms with Crippen molar-refractivity contribution >= 4 is 82.1 Å². The van der Waals surface area contributed by atoms with Gasteiger partial charge in [0.15, 0.2) is 18.3 Å². The van der Waals surface area contributed by atoms with Gasteiger partial charge < -0.3 is 59.3 Å². The summed E-state index contributed by atoms with van der Waals surface area (Å²) >= 11 is 0.963. The second kappa shape index (κ2) is 24.2. The molecular weight excluding hydrogens is 915 g/mol. The first-order valence-electron chi connectivity index (χ1n) is 23.0. The number of benzene rings is 1.